The predicted octanol–water partition coefficient (Wildman–Crippen LogP) is 2.22. The molecule has 0 saturated carbocycles. The molecule has 1 saturated heterocycles. The summed E-state index contributed by atoms with van der Waals surface area (Å²) in [5, 5.41) is 0. The topological polar surface area (TPSA) is 55.6 Å². The molecule has 4 heteroatoms. The Hall–Kier alpha value is -1.39. The molecule has 2 rings (SSSR count). The maximum atomic E-state index is 12.6. The Balaban J connectivity index is 1.88. The monoisotopic (exact) mass is 290 g/mol. The van der Waals surface area contributed by atoms with E-state index in [1.807, 2.05) is 29.2 Å². The van der Waals surface area contributed by atoms with Gasteiger partial charge in [0.25, 0.3) is 5.91 Å². The van der Waals surface area contributed by atoms with Crippen molar-refractivity contribution in [2.45, 2.75) is 38.7 Å². The fourth-order valence-electron chi connectivity index (χ4n) is 2.77. The first kappa shape index (κ1) is 16.0. The molecular weight excluding hydrogens is 264 g/mol. The molecule has 0 aliphatic carbocycles. The van der Waals surface area contributed by atoms with Gasteiger partial charge in [0, 0.05) is 25.3 Å². The van der Waals surface area contributed by atoms with E-state index in [1.54, 1.807) is 0 Å². The van der Waals surface area contributed by atoms with Gasteiger partial charge in [0.15, 0.2) is 0 Å². The molecule has 21 heavy (non-hydrogen) atoms. The van der Waals surface area contributed by atoms with Crippen LogP contribution in [0.1, 0.15) is 42.1 Å². The minimum Gasteiger partial charge on any atom is -0.378 e. The maximum absolute atomic E-state index is 12.6. The van der Waals surface area contributed by atoms with Crippen molar-refractivity contribution in [2.75, 3.05) is 26.2 Å². The summed E-state index contributed by atoms with van der Waals surface area (Å²) in [7, 11) is 0. The van der Waals surface area contributed by atoms with Crippen LogP contribution < -0.4 is 5.73 Å². The fraction of sp³-hybridized carbons (Fsp3) is 0.588. The molecule has 1 aliphatic heterocycles. The summed E-state index contributed by atoms with van der Waals surface area (Å²) in [5.41, 5.74) is 7.44. The van der Waals surface area contributed by atoms with Crippen molar-refractivity contribution in [2.24, 2.45) is 5.73 Å². The van der Waals surface area contributed by atoms with Crippen LogP contribution in [-0.4, -0.2) is 43.2 Å². The maximum Gasteiger partial charge on any atom is 0.254 e. The van der Waals surface area contributed by atoms with E-state index >= 15 is 0 Å². The molecule has 1 aromatic rings. The average molecular weight is 290 g/mol. The lowest BCUT2D eigenvalue weighted by atomic mass is 10.0. The second kappa shape index (κ2) is 8.15. The number of hydrogen-bond donors (Lipinski definition) is 1. The van der Waals surface area contributed by atoms with Gasteiger partial charge in [0.05, 0.1) is 6.10 Å². The van der Waals surface area contributed by atoms with E-state index in [2.05, 4.69) is 6.92 Å². The number of likely N-dealkylation sites (tertiary alicyclic amines) is 1. The number of carbonyl (C=O) groups is 1. The molecule has 0 unspecified atom stereocenters. The molecule has 0 aromatic heterocycles. The largest absolute Gasteiger partial charge is 0.378 e. The van der Waals surface area contributed by atoms with Gasteiger partial charge in [-0.15, -0.1) is 0 Å². The minimum absolute atomic E-state index is 0.160. The molecule has 4 nitrogen and oxygen atoms in total. The van der Waals surface area contributed by atoms with Gasteiger partial charge in [-0.3, -0.25) is 4.79 Å². The number of ether oxygens (including phenoxy) is 1. The van der Waals surface area contributed by atoms with Crippen LogP contribution in [0.25, 0.3) is 0 Å². The lowest BCUT2D eigenvalue weighted by molar-refractivity contribution is 0.00842. The molecule has 1 aliphatic rings. The molecular formula is C17H26N2O2. The number of amides is 1. The first-order chi connectivity index (χ1) is 10.3. The van der Waals surface area contributed by atoms with Crippen molar-refractivity contribution < 1.29 is 9.53 Å². The Bertz CT molecular complexity index is 454. The van der Waals surface area contributed by atoms with E-state index in [1.165, 1.54) is 0 Å². The van der Waals surface area contributed by atoms with Gasteiger partial charge in [-0.1, -0.05) is 25.1 Å². The number of aryl methyl sites for hydroxylation is 1. The van der Waals surface area contributed by atoms with Gasteiger partial charge >= 0.3 is 0 Å². The molecule has 1 amide bonds. The van der Waals surface area contributed by atoms with Crippen LogP contribution in [0.5, 0.6) is 0 Å². The van der Waals surface area contributed by atoms with E-state index in [9.17, 15) is 4.79 Å². The zero-order chi connectivity index (χ0) is 15.1. The van der Waals surface area contributed by atoms with Crippen LogP contribution >= 0.6 is 0 Å². The Morgan fingerprint density at radius 1 is 1.33 bits per heavy atom. The van der Waals surface area contributed by atoms with Gasteiger partial charge < -0.3 is 15.4 Å². The molecule has 2 N–H and O–H groups in total. The molecule has 116 valence electrons. The summed E-state index contributed by atoms with van der Waals surface area (Å²) >= 11 is 0. The number of rotatable bonds is 6. The first-order valence-corrected chi connectivity index (χ1v) is 7.95. The highest BCUT2D eigenvalue weighted by Gasteiger charge is 2.24. The van der Waals surface area contributed by atoms with Crippen molar-refractivity contribution in [1.29, 1.82) is 0 Å². The third kappa shape index (κ3) is 4.29. The van der Waals surface area contributed by atoms with Crippen molar-refractivity contribution >= 4 is 5.91 Å². The Morgan fingerprint density at radius 3 is 2.71 bits per heavy atom. The summed E-state index contributed by atoms with van der Waals surface area (Å²) < 4.78 is 5.78. The Labute approximate surface area is 127 Å². The number of carbonyl (C=O) groups excluding carboxylic acids is 1. The highest BCUT2D eigenvalue weighted by atomic mass is 16.5. The molecule has 0 bridgehead atoms. The normalized spacial score (nSPS) is 16.2. The summed E-state index contributed by atoms with van der Waals surface area (Å²) in [4.78, 5) is 14.6. The van der Waals surface area contributed by atoms with E-state index in [4.69, 9.17) is 10.5 Å². The summed E-state index contributed by atoms with van der Waals surface area (Å²) in [6, 6.07) is 7.91. The molecule has 1 fully saturated rings. The zero-order valence-corrected chi connectivity index (χ0v) is 12.9. The fourth-order valence-corrected chi connectivity index (χ4v) is 2.77. The van der Waals surface area contributed by atoms with Crippen LogP contribution in [0.4, 0.5) is 0 Å². The molecule has 0 atom stereocenters. The second-order valence-corrected chi connectivity index (χ2v) is 5.52. The first-order valence-electron chi connectivity index (χ1n) is 7.95. The zero-order valence-electron chi connectivity index (χ0n) is 12.9. The Morgan fingerprint density at radius 2 is 2.05 bits per heavy atom. The molecule has 1 heterocycles. The van der Waals surface area contributed by atoms with Crippen LogP contribution in [0, 0.1) is 0 Å². The Kier molecular flexibility index (Phi) is 6.21. The van der Waals surface area contributed by atoms with Gasteiger partial charge in [-0.05, 0) is 43.9 Å². The van der Waals surface area contributed by atoms with E-state index in [0.717, 1.165) is 56.5 Å². The molecule has 1 aromatic carbocycles. The van der Waals surface area contributed by atoms with Crippen molar-refractivity contribution in [1.82, 2.24) is 4.90 Å². The van der Waals surface area contributed by atoms with Crippen molar-refractivity contribution in [3.63, 3.8) is 0 Å². The lowest BCUT2D eigenvalue weighted by Gasteiger charge is -2.32. The number of nitrogens with zero attached hydrogens (tertiary/aromatic N) is 1. The summed E-state index contributed by atoms with van der Waals surface area (Å²) in [6.45, 7) is 5.05. The summed E-state index contributed by atoms with van der Waals surface area (Å²) in [6.07, 6.45) is 3.92. The van der Waals surface area contributed by atoms with E-state index in [0.29, 0.717) is 6.54 Å². The summed E-state index contributed by atoms with van der Waals surface area (Å²) in [5.74, 6) is 0.160. The molecule has 0 spiro atoms. The van der Waals surface area contributed by atoms with Crippen LogP contribution in [0.2, 0.25) is 0 Å². The van der Waals surface area contributed by atoms with Gasteiger partial charge in [-0.2, -0.15) is 0 Å². The number of hydrogen-bond acceptors (Lipinski definition) is 3. The highest BCUT2D eigenvalue weighted by molar-refractivity contribution is 5.95. The predicted molar refractivity (Wildman–Crippen MR) is 84.4 cm³/mol. The standard InChI is InChI=1S/C17H26N2O2/c1-2-14-6-3-4-7-16(14)17(20)19-11-8-15(9-12-19)21-13-5-10-18/h3-4,6-7,15H,2,5,8-13,18H2,1H3. The SMILES string of the molecule is CCc1ccccc1C(=O)N1CCC(OCCCN)CC1. The van der Waals surface area contributed by atoms with Crippen molar-refractivity contribution in [3.05, 3.63) is 35.4 Å². The van der Waals surface area contributed by atoms with Gasteiger partial charge in [-0.25, -0.2) is 0 Å². The van der Waals surface area contributed by atoms with Gasteiger partial charge in [0.1, 0.15) is 0 Å². The van der Waals surface area contributed by atoms with Crippen LogP contribution in [0.15, 0.2) is 24.3 Å². The van der Waals surface area contributed by atoms with Gasteiger partial charge in [0.2, 0.25) is 0 Å². The van der Waals surface area contributed by atoms with Crippen LogP contribution in [-0.2, 0) is 11.2 Å². The third-order valence-corrected chi connectivity index (χ3v) is 4.06. The van der Waals surface area contributed by atoms with Crippen LogP contribution in [0.3, 0.4) is 0 Å². The molecule has 0 radical (unpaired) electrons. The van der Waals surface area contributed by atoms with E-state index in [-0.39, 0.29) is 12.0 Å². The average Bonchev–Trinajstić information content (AvgIpc) is 2.55. The van der Waals surface area contributed by atoms with Crippen molar-refractivity contribution in [3.8, 4) is 0 Å². The minimum atomic E-state index is 0.160. The quantitative estimate of drug-likeness (QED) is 0.817. The van der Waals surface area contributed by atoms with E-state index < -0.39 is 0 Å². The third-order valence-electron chi connectivity index (χ3n) is 4.06. The number of benzene rings is 1. The highest BCUT2D eigenvalue weighted by Crippen LogP contribution is 2.18. The number of piperidine rings is 1. The second-order valence-electron chi connectivity index (χ2n) is 5.52. The smallest absolute Gasteiger partial charge is 0.254 e. The number of nitrogens with two attached hydrogens (primary N) is 1. The lowest BCUT2D eigenvalue weighted by Crippen LogP contribution is -2.41.